The van der Waals surface area contributed by atoms with E-state index in [-0.39, 0.29) is 0 Å². The Morgan fingerprint density at radius 1 is 1.21 bits per heavy atom. The molecule has 0 aliphatic heterocycles. The van der Waals surface area contributed by atoms with Gasteiger partial charge in [0, 0.05) is 17.9 Å². The molecule has 0 aliphatic carbocycles. The van der Waals surface area contributed by atoms with Gasteiger partial charge in [-0.3, -0.25) is 0 Å². The number of anilines is 2. The molecule has 0 atom stereocenters. The van der Waals surface area contributed by atoms with Crippen LogP contribution < -0.4 is 11.1 Å². The van der Waals surface area contributed by atoms with Crippen LogP contribution in [0.1, 0.15) is 30.9 Å². The summed E-state index contributed by atoms with van der Waals surface area (Å²) in [5, 5.41) is 3.40. The lowest BCUT2D eigenvalue weighted by molar-refractivity contribution is 0.834. The zero-order valence-electron chi connectivity index (χ0n) is 9.35. The lowest BCUT2D eigenvalue weighted by Crippen LogP contribution is -2.03. The molecule has 0 aliphatic rings. The molecular formula is C12H20N2. The zero-order chi connectivity index (χ0) is 10.6. The molecule has 0 heterocycles. The third-order valence-electron chi connectivity index (χ3n) is 2.45. The van der Waals surface area contributed by atoms with E-state index < -0.39 is 0 Å². The summed E-state index contributed by atoms with van der Waals surface area (Å²) in [5.41, 5.74) is 10.3. The van der Waals surface area contributed by atoms with Crippen molar-refractivity contribution in [3.05, 3.63) is 23.3 Å². The molecule has 0 amide bonds. The van der Waals surface area contributed by atoms with Crippen molar-refractivity contribution in [1.29, 1.82) is 0 Å². The standard InChI is InChI=1S/C12H20N2/c1-4-5-6-14-11-7-9(2)12(13)10(3)8-11/h7-8,14H,4-6,13H2,1-3H3. The highest BCUT2D eigenvalue weighted by Crippen LogP contribution is 2.21. The van der Waals surface area contributed by atoms with Crippen molar-refractivity contribution < 1.29 is 0 Å². The van der Waals surface area contributed by atoms with Gasteiger partial charge in [-0.2, -0.15) is 0 Å². The normalized spacial score (nSPS) is 10.2. The highest BCUT2D eigenvalue weighted by molar-refractivity contribution is 5.61. The summed E-state index contributed by atoms with van der Waals surface area (Å²) < 4.78 is 0. The van der Waals surface area contributed by atoms with Gasteiger partial charge in [-0.15, -0.1) is 0 Å². The summed E-state index contributed by atoms with van der Waals surface area (Å²) in [5.74, 6) is 0. The zero-order valence-corrected chi connectivity index (χ0v) is 9.35. The lowest BCUT2D eigenvalue weighted by atomic mass is 10.1. The molecule has 0 fully saturated rings. The molecule has 0 saturated heterocycles. The average molecular weight is 192 g/mol. The van der Waals surface area contributed by atoms with E-state index in [0.29, 0.717) is 0 Å². The molecule has 3 N–H and O–H groups in total. The number of nitrogens with two attached hydrogens (primary N) is 1. The fraction of sp³-hybridized carbons (Fsp3) is 0.500. The summed E-state index contributed by atoms with van der Waals surface area (Å²) in [6, 6.07) is 4.22. The van der Waals surface area contributed by atoms with Crippen molar-refractivity contribution in [3.8, 4) is 0 Å². The van der Waals surface area contributed by atoms with E-state index in [0.717, 1.165) is 23.4 Å². The highest BCUT2D eigenvalue weighted by atomic mass is 14.9. The number of nitrogen functional groups attached to an aromatic ring is 1. The van der Waals surface area contributed by atoms with Crippen molar-refractivity contribution in [3.63, 3.8) is 0 Å². The first kappa shape index (κ1) is 10.9. The van der Waals surface area contributed by atoms with Crippen LogP contribution in [0.4, 0.5) is 11.4 Å². The maximum absolute atomic E-state index is 5.88. The van der Waals surface area contributed by atoms with Crippen LogP contribution in [-0.4, -0.2) is 6.54 Å². The van der Waals surface area contributed by atoms with Crippen LogP contribution in [0, 0.1) is 13.8 Å². The van der Waals surface area contributed by atoms with Gasteiger partial charge in [-0.05, 0) is 43.5 Å². The van der Waals surface area contributed by atoms with Gasteiger partial charge < -0.3 is 11.1 Å². The SMILES string of the molecule is CCCCNc1cc(C)c(N)c(C)c1. The van der Waals surface area contributed by atoms with Gasteiger partial charge in [0.25, 0.3) is 0 Å². The van der Waals surface area contributed by atoms with E-state index in [1.54, 1.807) is 0 Å². The number of benzene rings is 1. The van der Waals surface area contributed by atoms with Crippen LogP contribution >= 0.6 is 0 Å². The summed E-state index contributed by atoms with van der Waals surface area (Å²) >= 11 is 0. The number of hydrogen-bond donors (Lipinski definition) is 2. The van der Waals surface area contributed by atoms with E-state index in [4.69, 9.17) is 5.73 Å². The molecule has 0 bridgehead atoms. The number of aryl methyl sites for hydroxylation is 2. The maximum atomic E-state index is 5.88. The second-order valence-electron chi connectivity index (χ2n) is 3.80. The molecule has 1 aromatic carbocycles. The van der Waals surface area contributed by atoms with Gasteiger partial charge in [-0.25, -0.2) is 0 Å². The predicted molar refractivity (Wildman–Crippen MR) is 63.7 cm³/mol. The Bertz CT molecular complexity index is 282. The van der Waals surface area contributed by atoms with Gasteiger partial charge in [0.15, 0.2) is 0 Å². The van der Waals surface area contributed by atoms with E-state index in [1.165, 1.54) is 18.5 Å². The monoisotopic (exact) mass is 192 g/mol. The van der Waals surface area contributed by atoms with Crippen molar-refractivity contribution in [2.24, 2.45) is 0 Å². The molecule has 0 radical (unpaired) electrons. The Balaban J connectivity index is 2.69. The molecule has 14 heavy (non-hydrogen) atoms. The predicted octanol–water partition coefficient (Wildman–Crippen LogP) is 3.10. The molecule has 2 nitrogen and oxygen atoms in total. The Morgan fingerprint density at radius 3 is 2.29 bits per heavy atom. The van der Waals surface area contributed by atoms with Crippen LogP contribution in [0.5, 0.6) is 0 Å². The van der Waals surface area contributed by atoms with Crippen molar-refractivity contribution in [2.75, 3.05) is 17.6 Å². The van der Waals surface area contributed by atoms with E-state index in [9.17, 15) is 0 Å². The van der Waals surface area contributed by atoms with E-state index >= 15 is 0 Å². The Labute approximate surface area is 86.5 Å². The first-order chi connectivity index (χ1) is 6.65. The summed E-state index contributed by atoms with van der Waals surface area (Å²) in [7, 11) is 0. The van der Waals surface area contributed by atoms with Crippen LogP contribution in [0.2, 0.25) is 0 Å². The number of nitrogens with one attached hydrogen (secondary N) is 1. The minimum absolute atomic E-state index is 0.908. The molecular weight excluding hydrogens is 172 g/mol. The van der Waals surface area contributed by atoms with Gasteiger partial charge in [-0.1, -0.05) is 13.3 Å². The quantitative estimate of drug-likeness (QED) is 0.568. The van der Waals surface area contributed by atoms with Crippen LogP contribution in [-0.2, 0) is 0 Å². The van der Waals surface area contributed by atoms with Crippen LogP contribution in [0.15, 0.2) is 12.1 Å². The van der Waals surface area contributed by atoms with Crippen molar-refractivity contribution in [1.82, 2.24) is 0 Å². The molecule has 1 aromatic rings. The van der Waals surface area contributed by atoms with Gasteiger partial charge in [0.1, 0.15) is 0 Å². The average Bonchev–Trinajstić information content (AvgIpc) is 2.14. The summed E-state index contributed by atoms with van der Waals surface area (Å²) in [6.45, 7) is 7.33. The topological polar surface area (TPSA) is 38.0 Å². The van der Waals surface area contributed by atoms with Gasteiger partial charge in [0.05, 0.1) is 0 Å². The van der Waals surface area contributed by atoms with Crippen LogP contribution in [0.3, 0.4) is 0 Å². The first-order valence-corrected chi connectivity index (χ1v) is 5.25. The molecule has 1 rings (SSSR count). The Hall–Kier alpha value is -1.18. The minimum atomic E-state index is 0.908. The Kier molecular flexibility index (Phi) is 3.81. The number of rotatable bonds is 4. The molecule has 2 heteroatoms. The molecule has 0 aromatic heterocycles. The van der Waals surface area contributed by atoms with Crippen LogP contribution in [0.25, 0.3) is 0 Å². The molecule has 0 unspecified atom stereocenters. The fourth-order valence-electron chi connectivity index (χ4n) is 1.49. The van der Waals surface area contributed by atoms with E-state index in [2.05, 4.69) is 24.4 Å². The molecule has 78 valence electrons. The number of unbranched alkanes of at least 4 members (excludes halogenated alkanes) is 1. The fourth-order valence-corrected chi connectivity index (χ4v) is 1.49. The largest absolute Gasteiger partial charge is 0.398 e. The first-order valence-electron chi connectivity index (χ1n) is 5.25. The van der Waals surface area contributed by atoms with E-state index in [1.807, 2.05) is 13.8 Å². The lowest BCUT2D eigenvalue weighted by Gasteiger charge is -2.10. The summed E-state index contributed by atoms with van der Waals surface area (Å²) in [6.07, 6.45) is 2.43. The molecule has 0 spiro atoms. The van der Waals surface area contributed by atoms with Gasteiger partial charge >= 0.3 is 0 Å². The smallest absolute Gasteiger partial charge is 0.0374 e. The summed E-state index contributed by atoms with van der Waals surface area (Å²) in [4.78, 5) is 0. The minimum Gasteiger partial charge on any atom is -0.398 e. The third kappa shape index (κ3) is 2.66. The third-order valence-corrected chi connectivity index (χ3v) is 2.45. The van der Waals surface area contributed by atoms with Crippen molar-refractivity contribution in [2.45, 2.75) is 33.6 Å². The maximum Gasteiger partial charge on any atom is 0.0374 e. The van der Waals surface area contributed by atoms with Crippen molar-refractivity contribution >= 4 is 11.4 Å². The Morgan fingerprint density at radius 2 is 1.79 bits per heavy atom. The second-order valence-corrected chi connectivity index (χ2v) is 3.80. The second kappa shape index (κ2) is 4.89. The molecule has 0 saturated carbocycles. The highest BCUT2D eigenvalue weighted by Gasteiger charge is 2.00. The number of hydrogen-bond acceptors (Lipinski definition) is 2. The van der Waals surface area contributed by atoms with Gasteiger partial charge in [0.2, 0.25) is 0 Å².